The first-order chi connectivity index (χ1) is 10.4. The summed E-state index contributed by atoms with van der Waals surface area (Å²) in [6.45, 7) is 7.00. The van der Waals surface area contributed by atoms with Crippen LogP contribution in [0, 0.1) is 0 Å². The van der Waals surface area contributed by atoms with E-state index >= 15 is 0 Å². The Balaban J connectivity index is 1.39. The van der Waals surface area contributed by atoms with Crippen molar-refractivity contribution in [1.29, 1.82) is 0 Å². The zero-order valence-electron chi connectivity index (χ0n) is 12.2. The van der Waals surface area contributed by atoms with Gasteiger partial charge >= 0.3 is 0 Å². The first-order valence-electron chi connectivity index (χ1n) is 7.50. The van der Waals surface area contributed by atoms with Gasteiger partial charge < -0.3 is 10.1 Å². The fraction of sp³-hybridized carbons (Fsp3) is 0.533. The molecule has 0 aliphatic carbocycles. The number of aromatic nitrogens is 2. The Labute approximate surface area is 129 Å². The largest absolute Gasteiger partial charge is 0.379 e. The second kappa shape index (κ2) is 7.70. The molecule has 0 radical (unpaired) electrons. The van der Waals surface area contributed by atoms with Crippen LogP contribution in [0.3, 0.4) is 0 Å². The Bertz CT molecular complexity index is 520. The van der Waals surface area contributed by atoms with E-state index in [1.165, 1.54) is 12.1 Å². The summed E-state index contributed by atoms with van der Waals surface area (Å²) in [6.07, 6.45) is 5.10. The maximum absolute atomic E-state index is 5.36. The van der Waals surface area contributed by atoms with Crippen LogP contribution in [0.5, 0.6) is 0 Å². The van der Waals surface area contributed by atoms with Crippen LogP contribution >= 0.6 is 11.3 Å². The topological polar surface area (TPSA) is 42.3 Å². The smallest absolute Gasteiger partial charge is 0.193 e. The molecule has 2 aromatic rings. The minimum absolute atomic E-state index is 0.884. The molecule has 0 unspecified atom stereocenters. The molecular weight excluding hydrogens is 284 g/mol. The van der Waals surface area contributed by atoms with Gasteiger partial charge in [0.2, 0.25) is 0 Å². The molecule has 3 rings (SSSR count). The zero-order chi connectivity index (χ0) is 14.3. The first kappa shape index (κ1) is 14.7. The average Bonchev–Trinajstić information content (AvgIpc) is 3.19. The van der Waals surface area contributed by atoms with Gasteiger partial charge in [-0.25, -0.2) is 4.98 Å². The van der Waals surface area contributed by atoms with Crippen molar-refractivity contribution in [2.45, 2.75) is 13.0 Å². The van der Waals surface area contributed by atoms with Crippen LogP contribution in [-0.2, 0) is 11.3 Å². The number of rotatable bonds is 7. The highest BCUT2D eigenvalue weighted by Crippen LogP contribution is 2.14. The van der Waals surface area contributed by atoms with Crippen molar-refractivity contribution in [3.63, 3.8) is 0 Å². The molecule has 1 aliphatic heterocycles. The van der Waals surface area contributed by atoms with Gasteiger partial charge in [0.25, 0.3) is 0 Å². The van der Waals surface area contributed by atoms with Gasteiger partial charge in [0.05, 0.1) is 13.2 Å². The number of ether oxygens (including phenoxy) is 1. The first-order valence-corrected chi connectivity index (χ1v) is 8.38. The molecule has 0 bridgehead atoms. The molecule has 0 spiro atoms. The maximum Gasteiger partial charge on any atom is 0.193 e. The molecule has 1 aliphatic rings. The minimum atomic E-state index is 0.884. The monoisotopic (exact) mass is 306 g/mol. The van der Waals surface area contributed by atoms with Crippen LogP contribution in [0.4, 0.5) is 0 Å². The van der Waals surface area contributed by atoms with E-state index in [1.54, 1.807) is 11.3 Å². The van der Waals surface area contributed by atoms with Crippen LogP contribution in [0.15, 0.2) is 29.9 Å². The second-order valence-corrected chi connectivity index (χ2v) is 6.04. The molecule has 0 atom stereocenters. The lowest BCUT2D eigenvalue weighted by Crippen LogP contribution is -2.37. The molecule has 114 valence electrons. The van der Waals surface area contributed by atoms with Gasteiger partial charge in [-0.15, -0.1) is 11.3 Å². The van der Waals surface area contributed by atoms with Crippen molar-refractivity contribution in [2.24, 2.45) is 0 Å². The summed E-state index contributed by atoms with van der Waals surface area (Å²) >= 11 is 1.66. The zero-order valence-corrected chi connectivity index (χ0v) is 13.0. The molecule has 1 fully saturated rings. The van der Waals surface area contributed by atoms with Crippen molar-refractivity contribution in [3.05, 3.63) is 35.6 Å². The van der Waals surface area contributed by atoms with Gasteiger partial charge in [0.15, 0.2) is 5.13 Å². The van der Waals surface area contributed by atoms with Crippen molar-refractivity contribution >= 4 is 11.3 Å². The number of hydrogen-bond donors (Lipinski definition) is 1. The van der Waals surface area contributed by atoms with E-state index < -0.39 is 0 Å². The van der Waals surface area contributed by atoms with Crippen molar-refractivity contribution in [1.82, 2.24) is 19.8 Å². The number of nitrogens with zero attached hydrogens (tertiary/aromatic N) is 3. The van der Waals surface area contributed by atoms with Crippen molar-refractivity contribution in [2.75, 3.05) is 39.4 Å². The summed E-state index contributed by atoms with van der Waals surface area (Å²) < 4.78 is 7.51. The van der Waals surface area contributed by atoms with E-state index in [4.69, 9.17) is 4.74 Å². The molecule has 5 nitrogen and oxygen atoms in total. The molecule has 2 aromatic heterocycles. The summed E-state index contributed by atoms with van der Waals surface area (Å²) in [5.41, 5.74) is 1.26. The lowest BCUT2D eigenvalue weighted by atomic mass is 10.3. The quantitative estimate of drug-likeness (QED) is 0.791. The fourth-order valence-corrected chi connectivity index (χ4v) is 3.21. The summed E-state index contributed by atoms with van der Waals surface area (Å²) in [5, 5.41) is 6.57. The molecular formula is C15H22N4OS. The molecule has 0 amide bonds. The summed E-state index contributed by atoms with van der Waals surface area (Å²) in [5.74, 6) is 0. The summed E-state index contributed by atoms with van der Waals surface area (Å²) in [6, 6.07) is 4.22. The lowest BCUT2D eigenvalue weighted by molar-refractivity contribution is 0.0374. The predicted molar refractivity (Wildman–Crippen MR) is 85.0 cm³/mol. The third kappa shape index (κ3) is 4.14. The number of nitrogens with one attached hydrogen (secondary N) is 1. The van der Waals surface area contributed by atoms with E-state index in [9.17, 15) is 0 Å². The fourth-order valence-electron chi connectivity index (χ4n) is 2.55. The normalized spacial score (nSPS) is 16.4. The van der Waals surface area contributed by atoms with Gasteiger partial charge in [-0.2, -0.15) is 0 Å². The lowest BCUT2D eigenvalue weighted by Gasteiger charge is -2.26. The SMILES string of the molecule is c1cc(CNCCCN2CCOCC2)n(-c2nccs2)c1. The molecule has 0 aromatic carbocycles. The van der Waals surface area contributed by atoms with Crippen molar-refractivity contribution < 1.29 is 4.74 Å². The maximum atomic E-state index is 5.36. The standard InChI is InChI=1S/C15H22N4OS/c1-3-14(19(7-1)15-17-5-12-21-15)13-16-4-2-6-18-8-10-20-11-9-18/h1,3,5,7,12,16H,2,4,6,8-11,13H2. The third-order valence-electron chi connectivity index (χ3n) is 3.70. The van der Waals surface area contributed by atoms with Gasteiger partial charge in [-0.3, -0.25) is 9.47 Å². The Kier molecular flexibility index (Phi) is 5.40. The highest BCUT2D eigenvalue weighted by Gasteiger charge is 2.09. The van der Waals surface area contributed by atoms with Gasteiger partial charge in [0, 0.05) is 43.1 Å². The Hall–Kier alpha value is -1.21. The Morgan fingerprint density at radius 1 is 1.33 bits per heavy atom. The van der Waals surface area contributed by atoms with E-state index in [-0.39, 0.29) is 0 Å². The van der Waals surface area contributed by atoms with E-state index in [0.29, 0.717) is 0 Å². The average molecular weight is 306 g/mol. The molecule has 1 N–H and O–H groups in total. The predicted octanol–water partition coefficient (Wildman–Crippen LogP) is 1.75. The van der Waals surface area contributed by atoms with Crippen LogP contribution in [0.1, 0.15) is 12.1 Å². The van der Waals surface area contributed by atoms with Gasteiger partial charge in [0.1, 0.15) is 0 Å². The van der Waals surface area contributed by atoms with Crippen LogP contribution in [-0.4, -0.2) is 53.8 Å². The molecule has 3 heterocycles. The highest BCUT2D eigenvalue weighted by atomic mass is 32.1. The van der Waals surface area contributed by atoms with Crippen LogP contribution in [0.25, 0.3) is 5.13 Å². The van der Waals surface area contributed by atoms with Gasteiger partial charge in [-0.1, -0.05) is 0 Å². The van der Waals surface area contributed by atoms with Crippen LogP contribution in [0.2, 0.25) is 0 Å². The molecule has 6 heteroatoms. The summed E-state index contributed by atoms with van der Waals surface area (Å²) in [4.78, 5) is 6.84. The Morgan fingerprint density at radius 3 is 3.05 bits per heavy atom. The van der Waals surface area contributed by atoms with E-state index in [1.807, 2.05) is 11.6 Å². The van der Waals surface area contributed by atoms with Crippen molar-refractivity contribution in [3.8, 4) is 5.13 Å². The van der Waals surface area contributed by atoms with Gasteiger partial charge in [-0.05, 0) is 31.6 Å². The van der Waals surface area contributed by atoms with Crippen LogP contribution < -0.4 is 5.32 Å². The second-order valence-electron chi connectivity index (χ2n) is 5.17. The van der Waals surface area contributed by atoms with E-state index in [0.717, 1.165) is 51.1 Å². The number of hydrogen-bond acceptors (Lipinski definition) is 5. The molecule has 21 heavy (non-hydrogen) atoms. The highest BCUT2D eigenvalue weighted by molar-refractivity contribution is 7.12. The summed E-state index contributed by atoms with van der Waals surface area (Å²) in [7, 11) is 0. The molecule has 1 saturated heterocycles. The number of thiazole rings is 1. The Morgan fingerprint density at radius 2 is 2.24 bits per heavy atom. The minimum Gasteiger partial charge on any atom is -0.379 e. The third-order valence-corrected chi connectivity index (χ3v) is 4.47. The molecule has 0 saturated carbocycles. The van der Waals surface area contributed by atoms with E-state index in [2.05, 4.69) is 38.1 Å². The number of morpholine rings is 1.